The van der Waals surface area contributed by atoms with E-state index in [0.717, 1.165) is 5.56 Å². The van der Waals surface area contributed by atoms with Crippen LogP contribution in [0, 0.1) is 0 Å². The molecule has 0 fully saturated rings. The maximum atomic E-state index is 11.9. The largest absolute Gasteiger partial charge is 0.493 e. The van der Waals surface area contributed by atoms with Crippen LogP contribution in [0.15, 0.2) is 54.6 Å². The Balaban J connectivity index is 1.75. The molecule has 0 bridgehead atoms. The fraction of sp³-hybridized carbons (Fsp3) is 0.150. The Kier molecular flexibility index (Phi) is 8.46. The van der Waals surface area contributed by atoms with Gasteiger partial charge in [0.15, 0.2) is 23.2 Å². The van der Waals surface area contributed by atoms with Crippen molar-refractivity contribution in [3.05, 3.63) is 60.2 Å². The summed E-state index contributed by atoms with van der Waals surface area (Å²) in [6.45, 7) is -0.202. The second-order valence-electron chi connectivity index (χ2n) is 5.54. The fourth-order valence-corrected chi connectivity index (χ4v) is 2.29. The van der Waals surface area contributed by atoms with E-state index in [2.05, 4.69) is 16.2 Å². The maximum absolute atomic E-state index is 11.9. The molecule has 0 saturated heterocycles. The molecule has 0 spiro atoms. The number of thiocarbonyl (C=S) groups is 1. The van der Waals surface area contributed by atoms with Crippen molar-refractivity contribution < 1.29 is 23.8 Å². The van der Waals surface area contributed by atoms with E-state index < -0.39 is 11.8 Å². The van der Waals surface area contributed by atoms with Crippen molar-refractivity contribution in [2.24, 2.45) is 0 Å². The minimum atomic E-state index is -0.466. The third-order valence-electron chi connectivity index (χ3n) is 3.50. The zero-order chi connectivity index (χ0) is 21.1. The highest BCUT2D eigenvalue weighted by molar-refractivity contribution is 7.80. The number of para-hydroxylation sites is 1. The van der Waals surface area contributed by atoms with Crippen molar-refractivity contribution in [2.75, 3.05) is 20.8 Å². The number of benzene rings is 2. The lowest BCUT2D eigenvalue weighted by atomic mass is 10.2. The van der Waals surface area contributed by atoms with Crippen LogP contribution in [0.1, 0.15) is 5.56 Å². The predicted octanol–water partition coefficient (Wildman–Crippen LogP) is 1.82. The summed E-state index contributed by atoms with van der Waals surface area (Å²) < 4.78 is 15.7. The van der Waals surface area contributed by atoms with Gasteiger partial charge in [-0.1, -0.05) is 24.3 Å². The summed E-state index contributed by atoms with van der Waals surface area (Å²) >= 11 is 4.96. The van der Waals surface area contributed by atoms with Gasteiger partial charge in [0.05, 0.1) is 14.2 Å². The lowest BCUT2D eigenvalue weighted by molar-refractivity contribution is -0.123. The van der Waals surface area contributed by atoms with E-state index in [1.54, 1.807) is 55.7 Å². The molecule has 2 rings (SSSR count). The molecule has 0 atom stereocenters. The summed E-state index contributed by atoms with van der Waals surface area (Å²) in [5.74, 6) is 0.788. The van der Waals surface area contributed by atoms with Gasteiger partial charge >= 0.3 is 0 Å². The van der Waals surface area contributed by atoms with Crippen LogP contribution in [0.2, 0.25) is 0 Å². The van der Waals surface area contributed by atoms with Gasteiger partial charge < -0.3 is 14.2 Å². The molecule has 0 radical (unpaired) electrons. The Hall–Kier alpha value is -3.59. The zero-order valence-corrected chi connectivity index (χ0v) is 16.7. The van der Waals surface area contributed by atoms with Crippen LogP contribution < -0.4 is 30.4 Å². The number of hydrazine groups is 1. The van der Waals surface area contributed by atoms with Gasteiger partial charge in [-0.25, -0.2) is 0 Å². The molecule has 3 N–H and O–H groups in total. The average molecular weight is 415 g/mol. The van der Waals surface area contributed by atoms with Crippen molar-refractivity contribution in [2.45, 2.75) is 0 Å². The summed E-state index contributed by atoms with van der Waals surface area (Å²) in [7, 11) is 3.07. The van der Waals surface area contributed by atoms with E-state index in [4.69, 9.17) is 26.4 Å². The first kappa shape index (κ1) is 21.7. The zero-order valence-electron chi connectivity index (χ0n) is 15.9. The number of hydrogen-bond donors (Lipinski definition) is 3. The molecule has 0 aliphatic heterocycles. The lowest BCUT2D eigenvalue weighted by Crippen LogP contribution is -2.49. The first-order valence-electron chi connectivity index (χ1n) is 8.49. The Bertz CT molecular complexity index is 887. The predicted molar refractivity (Wildman–Crippen MR) is 113 cm³/mol. The molecule has 0 aromatic heterocycles. The number of carbonyl (C=O) groups is 2. The molecular formula is C20H21N3O5S. The maximum Gasteiger partial charge on any atom is 0.276 e. The lowest BCUT2D eigenvalue weighted by Gasteiger charge is -2.10. The number of methoxy groups -OCH3 is 2. The summed E-state index contributed by atoms with van der Waals surface area (Å²) in [6.07, 6.45) is 2.89. The normalized spacial score (nSPS) is 10.1. The minimum absolute atomic E-state index is 0.0555. The van der Waals surface area contributed by atoms with Crippen molar-refractivity contribution in [1.82, 2.24) is 16.2 Å². The van der Waals surface area contributed by atoms with Crippen LogP contribution in [-0.2, 0) is 9.59 Å². The van der Waals surface area contributed by atoms with Crippen molar-refractivity contribution in [1.29, 1.82) is 0 Å². The number of carbonyl (C=O) groups excluding carboxylic acids is 2. The van der Waals surface area contributed by atoms with Crippen molar-refractivity contribution in [3.63, 3.8) is 0 Å². The van der Waals surface area contributed by atoms with Gasteiger partial charge in [0, 0.05) is 6.08 Å². The van der Waals surface area contributed by atoms with Gasteiger partial charge in [0.25, 0.3) is 5.91 Å². The van der Waals surface area contributed by atoms with Crippen molar-refractivity contribution in [3.8, 4) is 17.2 Å². The molecule has 0 saturated carbocycles. The SMILES string of the molecule is COc1ccc(/C=C/C(=O)NC(=S)NNC(=O)COc2ccccc2)cc1OC. The van der Waals surface area contributed by atoms with Crippen LogP contribution in [0.25, 0.3) is 6.08 Å². The second kappa shape index (κ2) is 11.3. The molecular weight excluding hydrogens is 394 g/mol. The van der Waals surface area contributed by atoms with Gasteiger partial charge in [-0.2, -0.15) is 0 Å². The van der Waals surface area contributed by atoms with Crippen LogP contribution in [0.3, 0.4) is 0 Å². The second-order valence-corrected chi connectivity index (χ2v) is 5.95. The Morgan fingerprint density at radius 3 is 2.41 bits per heavy atom. The number of rotatable bonds is 7. The quantitative estimate of drug-likeness (QED) is 0.360. The first-order valence-corrected chi connectivity index (χ1v) is 8.90. The third-order valence-corrected chi connectivity index (χ3v) is 3.70. The Morgan fingerprint density at radius 1 is 1.00 bits per heavy atom. The number of ether oxygens (including phenoxy) is 3. The number of amides is 2. The van der Waals surface area contributed by atoms with E-state index in [9.17, 15) is 9.59 Å². The number of hydrogen-bond acceptors (Lipinski definition) is 6. The van der Waals surface area contributed by atoms with E-state index in [-0.39, 0.29) is 11.7 Å². The van der Waals surface area contributed by atoms with Crippen molar-refractivity contribution >= 4 is 35.2 Å². The molecule has 29 heavy (non-hydrogen) atoms. The molecule has 0 heterocycles. The third kappa shape index (κ3) is 7.51. The van der Waals surface area contributed by atoms with Gasteiger partial charge in [0.2, 0.25) is 5.91 Å². The topological polar surface area (TPSA) is 97.9 Å². The van der Waals surface area contributed by atoms with Crippen LogP contribution in [0.5, 0.6) is 17.2 Å². The standard InChI is InChI=1S/C20H21N3O5S/c1-26-16-10-8-14(12-17(16)27-2)9-11-18(24)21-20(29)23-22-19(25)13-28-15-6-4-3-5-7-15/h3-12H,13H2,1-2H3,(H,22,25)(H2,21,23,24,29)/b11-9+. The summed E-state index contributed by atoms with van der Waals surface area (Å²) in [4.78, 5) is 23.7. The highest BCUT2D eigenvalue weighted by Gasteiger charge is 2.06. The molecule has 0 aliphatic carbocycles. The highest BCUT2D eigenvalue weighted by atomic mass is 32.1. The summed E-state index contributed by atoms with van der Waals surface area (Å²) in [6, 6.07) is 14.1. The van der Waals surface area contributed by atoms with Crippen LogP contribution in [-0.4, -0.2) is 37.8 Å². The van der Waals surface area contributed by atoms with Gasteiger partial charge in [-0.05, 0) is 48.1 Å². The summed E-state index contributed by atoms with van der Waals surface area (Å²) in [5, 5.41) is 2.36. The molecule has 0 unspecified atom stereocenters. The van der Waals surface area contributed by atoms with Gasteiger partial charge in [-0.3, -0.25) is 25.8 Å². The van der Waals surface area contributed by atoms with E-state index in [1.807, 2.05) is 6.07 Å². The van der Waals surface area contributed by atoms with Gasteiger partial charge in [-0.15, -0.1) is 0 Å². The van der Waals surface area contributed by atoms with E-state index in [0.29, 0.717) is 17.2 Å². The smallest absolute Gasteiger partial charge is 0.276 e. The highest BCUT2D eigenvalue weighted by Crippen LogP contribution is 2.27. The molecule has 8 nitrogen and oxygen atoms in total. The van der Waals surface area contributed by atoms with E-state index in [1.165, 1.54) is 13.2 Å². The van der Waals surface area contributed by atoms with Crippen LogP contribution >= 0.6 is 12.2 Å². The fourth-order valence-electron chi connectivity index (χ4n) is 2.14. The monoisotopic (exact) mass is 415 g/mol. The van der Waals surface area contributed by atoms with Gasteiger partial charge in [0.1, 0.15) is 5.75 Å². The molecule has 0 aliphatic rings. The molecule has 152 valence electrons. The summed E-state index contributed by atoms with van der Waals surface area (Å²) in [5.41, 5.74) is 5.50. The Morgan fingerprint density at radius 2 is 1.72 bits per heavy atom. The molecule has 9 heteroatoms. The molecule has 2 amide bonds. The van der Waals surface area contributed by atoms with E-state index >= 15 is 0 Å². The average Bonchev–Trinajstić information content (AvgIpc) is 2.75. The minimum Gasteiger partial charge on any atom is -0.493 e. The number of nitrogens with one attached hydrogen (secondary N) is 3. The molecule has 2 aromatic rings. The Labute approximate surface area is 173 Å². The molecule has 2 aromatic carbocycles. The first-order chi connectivity index (χ1) is 14.0. The van der Waals surface area contributed by atoms with Crippen LogP contribution in [0.4, 0.5) is 0 Å².